The number of hydrogen-bond donors (Lipinski definition) is 1. The van der Waals surface area contributed by atoms with Gasteiger partial charge in [0.15, 0.2) is 0 Å². The lowest BCUT2D eigenvalue weighted by Gasteiger charge is -2.20. The van der Waals surface area contributed by atoms with E-state index in [2.05, 4.69) is 26.1 Å². The van der Waals surface area contributed by atoms with Gasteiger partial charge in [-0.1, -0.05) is 32.9 Å². The molecule has 1 atom stereocenters. The van der Waals surface area contributed by atoms with Crippen molar-refractivity contribution in [1.29, 1.82) is 0 Å². The monoisotopic (exact) mass is 253 g/mol. The van der Waals surface area contributed by atoms with E-state index < -0.39 is 0 Å². The standard InChI is InChI=1S/C14H20ClNO/c1-4-13(10(2)3)16-14(17)12-7-5-6-11(8-12)9-15/h5-8,10,13H,4,9H2,1-3H3,(H,16,17). The van der Waals surface area contributed by atoms with Crippen LogP contribution < -0.4 is 5.32 Å². The summed E-state index contributed by atoms with van der Waals surface area (Å²) >= 11 is 5.76. The summed E-state index contributed by atoms with van der Waals surface area (Å²) in [5.74, 6) is 0.861. The van der Waals surface area contributed by atoms with Gasteiger partial charge in [0.2, 0.25) is 0 Å². The number of alkyl halides is 1. The Morgan fingerprint density at radius 2 is 2.12 bits per heavy atom. The van der Waals surface area contributed by atoms with Crippen LogP contribution in [0.3, 0.4) is 0 Å². The molecule has 0 fully saturated rings. The maximum absolute atomic E-state index is 12.0. The van der Waals surface area contributed by atoms with E-state index in [9.17, 15) is 4.79 Å². The van der Waals surface area contributed by atoms with Gasteiger partial charge < -0.3 is 5.32 Å². The van der Waals surface area contributed by atoms with Crippen LogP contribution in [0, 0.1) is 5.92 Å². The average Bonchev–Trinajstić information content (AvgIpc) is 2.35. The van der Waals surface area contributed by atoms with Crippen molar-refractivity contribution in [2.75, 3.05) is 0 Å². The van der Waals surface area contributed by atoms with E-state index in [0.717, 1.165) is 12.0 Å². The average molecular weight is 254 g/mol. The molecule has 0 saturated heterocycles. The third-order valence-electron chi connectivity index (χ3n) is 2.90. The number of hydrogen-bond acceptors (Lipinski definition) is 1. The molecule has 0 bridgehead atoms. The van der Waals surface area contributed by atoms with Gasteiger partial charge in [-0.3, -0.25) is 4.79 Å². The van der Waals surface area contributed by atoms with Crippen molar-refractivity contribution in [3.8, 4) is 0 Å². The van der Waals surface area contributed by atoms with Crippen LogP contribution in [0.25, 0.3) is 0 Å². The lowest BCUT2D eigenvalue weighted by molar-refractivity contribution is 0.0924. The fourth-order valence-corrected chi connectivity index (χ4v) is 1.95. The zero-order chi connectivity index (χ0) is 12.8. The normalized spacial score (nSPS) is 12.5. The molecule has 0 aromatic heterocycles. The second-order valence-electron chi connectivity index (χ2n) is 4.57. The van der Waals surface area contributed by atoms with Gasteiger partial charge >= 0.3 is 0 Å². The predicted molar refractivity (Wildman–Crippen MR) is 72.4 cm³/mol. The van der Waals surface area contributed by atoms with Crippen molar-refractivity contribution >= 4 is 17.5 Å². The second-order valence-corrected chi connectivity index (χ2v) is 4.83. The van der Waals surface area contributed by atoms with Gasteiger partial charge in [0, 0.05) is 17.5 Å². The number of carbonyl (C=O) groups is 1. The minimum Gasteiger partial charge on any atom is -0.349 e. The fraction of sp³-hybridized carbons (Fsp3) is 0.500. The van der Waals surface area contributed by atoms with Crippen molar-refractivity contribution < 1.29 is 4.79 Å². The Labute approximate surface area is 108 Å². The second kappa shape index (κ2) is 6.65. The molecular formula is C14H20ClNO. The van der Waals surface area contributed by atoms with E-state index in [-0.39, 0.29) is 11.9 Å². The number of amides is 1. The Balaban J connectivity index is 2.75. The molecule has 0 heterocycles. The summed E-state index contributed by atoms with van der Waals surface area (Å²) in [6.45, 7) is 6.31. The van der Waals surface area contributed by atoms with Crippen LogP contribution in [0.5, 0.6) is 0 Å². The van der Waals surface area contributed by atoms with Crippen molar-refractivity contribution in [1.82, 2.24) is 5.32 Å². The molecule has 0 aliphatic heterocycles. The fourth-order valence-electron chi connectivity index (χ4n) is 1.79. The first-order valence-electron chi connectivity index (χ1n) is 6.04. The summed E-state index contributed by atoms with van der Waals surface area (Å²) in [4.78, 5) is 12.0. The molecule has 0 spiro atoms. The van der Waals surface area contributed by atoms with Crippen LogP contribution >= 0.6 is 11.6 Å². The van der Waals surface area contributed by atoms with E-state index in [1.165, 1.54) is 0 Å². The van der Waals surface area contributed by atoms with E-state index in [1.807, 2.05) is 24.3 Å². The van der Waals surface area contributed by atoms with Gasteiger partial charge in [-0.2, -0.15) is 0 Å². The van der Waals surface area contributed by atoms with E-state index in [4.69, 9.17) is 11.6 Å². The molecule has 0 aliphatic rings. The summed E-state index contributed by atoms with van der Waals surface area (Å²) in [6.07, 6.45) is 0.943. The zero-order valence-corrected chi connectivity index (χ0v) is 11.4. The molecule has 1 unspecified atom stereocenters. The first kappa shape index (κ1) is 14.0. The van der Waals surface area contributed by atoms with Gasteiger partial charge in [-0.05, 0) is 30.0 Å². The van der Waals surface area contributed by atoms with Gasteiger partial charge in [0.1, 0.15) is 0 Å². The zero-order valence-electron chi connectivity index (χ0n) is 10.7. The summed E-state index contributed by atoms with van der Waals surface area (Å²) < 4.78 is 0. The molecule has 1 rings (SSSR count). The highest BCUT2D eigenvalue weighted by Crippen LogP contribution is 2.10. The Hall–Kier alpha value is -1.02. The molecule has 1 aromatic carbocycles. The number of halogens is 1. The molecule has 2 nitrogen and oxygen atoms in total. The van der Waals surface area contributed by atoms with Crippen molar-refractivity contribution in [3.63, 3.8) is 0 Å². The third kappa shape index (κ3) is 4.04. The minimum atomic E-state index is -0.0162. The van der Waals surface area contributed by atoms with Crippen LogP contribution in [-0.2, 0) is 5.88 Å². The molecule has 0 aliphatic carbocycles. The first-order valence-corrected chi connectivity index (χ1v) is 6.57. The van der Waals surface area contributed by atoms with Crippen LogP contribution in [0.15, 0.2) is 24.3 Å². The quantitative estimate of drug-likeness (QED) is 0.799. The Morgan fingerprint density at radius 3 is 2.65 bits per heavy atom. The number of carbonyl (C=O) groups excluding carboxylic acids is 1. The van der Waals surface area contributed by atoms with E-state index >= 15 is 0 Å². The molecule has 1 N–H and O–H groups in total. The number of benzene rings is 1. The molecule has 0 saturated carbocycles. The van der Waals surface area contributed by atoms with E-state index in [1.54, 1.807) is 0 Å². The topological polar surface area (TPSA) is 29.1 Å². The minimum absolute atomic E-state index is 0.0162. The Kier molecular flexibility index (Phi) is 5.49. The molecule has 17 heavy (non-hydrogen) atoms. The lowest BCUT2D eigenvalue weighted by atomic mass is 10.0. The first-order chi connectivity index (χ1) is 8.08. The smallest absolute Gasteiger partial charge is 0.251 e. The highest BCUT2D eigenvalue weighted by atomic mass is 35.5. The maximum Gasteiger partial charge on any atom is 0.251 e. The van der Waals surface area contributed by atoms with Crippen molar-refractivity contribution in [2.24, 2.45) is 5.92 Å². The van der Waals surface area contributed by atoms with Gasteiger partial charge in [0.05, 0.1) is 0 Å². The molecule has 1 aromatic rings. The molecular weight excluding hydrogens is 234 g/mol. The van der Waals surface area contributed by atoms with Crippen molar-refractivity contribution in [2.45, 2.75) is 39.1 Å². The van der Waals surface area contributed by atoms with Crippen LogP contribution in [0.1, 0.15) is 43.1 Å². The summed E-state index contributed by atoms with van der Waals surface area (Å²) in [7, 11) is 0. The summed E-state index contributed by atoms with van der Waals surface area (Å²) in [5, 5.41) is 3.05. The molecule has 94 valence electrons. The molecule has 1 amide bonds. The number of nitrogens with one attached hydrogen (secondary N) is 1. The Morgan fingerprint density at radius 1 is 1.41 bits per heavy atom. The van der Waals surface area contributed by atoms with E-state index in [0.29, 0.717) is 17.4 Å². The van der Waals surface area contributed by atoms with Gasteiger partial charge in [-0.25, -0.2) is 0 Å². The van der Waals surface area contributed by atoms with Crippen LogP contribution in [0.4, 0.5) is 0 Å². The highest BCUT2D eigenvalue weighted by Gasteiger charge is 2.15. The SMILES string of the molecule is CCC(NC(=O)c1cccc(CCl)c1)C(C)C. The van der Waals surface area contributed by atoms with Crippen LogP contribution in [0.2, 0.25) is 0 Å². The highest BCUT2D eigenvalue weighted by molar-refractivity contribution is 6.17. The summed E-state index contributed by atoms with van der Waals surface area (Å²) in [6, 6.07) is 7.67. The molecule has 3 heteroatoms. The third-order valence-corrected chi connectivity index (χ3v) is 3.21. The van der Waals surface area contributed by atoms with Crippen LogP contribution in [-0.4, -0.2) is 11.9 Å². The molecule has 0 radical (unpaired) electrons. The van der Waals surface area contributed by atoms with Crippen molar-refractivity contribution in [3.05, 3.63) is 35.4 Å². The maximum atomic E-state index is 12.0. The van der Waals surface area contributed by atoms with Gasteiger partial charge in [0.25, 0.3) is 5.91 Å². The largest absolute Gasteiger partial charge is 0.349 e. The lowest BCUT2D eigenvalue weighted by Crippen LogP contribution is -2.38. The van der Waals surface area contributed by atoms with Gasteiger partial charge in [-0.15, -0.1) is 11.6 Å². The Bertz CT molecular complexity index is 376. The number of rotatable bonds is 5. The summed E-state index contributed by atoms with van der Waals surface area (Å²) in [5.41, 5.74) is 1.65. The predicted octanol–water partition coefficient (Wildman–Crippen LogP) is 3.59.